The number of carbonyl (C=O) groups is 3. The number of nitrogens with one attached hydrogen (secondary N) is 1. The van der Waals surface area contributed by atoms with Gasteiger partial charge in [0.1, 0.15) is 17.6 Å². The van der Waals surface area contributed by atoms with Gasteiger partial charge in [-0.25, -0.2) is 4.79 Å². The van der Waals surface area contributed by atoms with E-state index in [2.05, 4.69) is 19.2 Å². The number of benzene rings is 2. The predicted octanol–water partition coefficient (Wildman–Crippen LogP) is 6.20. The number of amides is 1. The number of carboxylic acids is 1. The zero-order valence-electron chi connectivity index (χ0n) is 20.5. The van der Waals surface area contributed by atoms with Crippen LogP contribution in [-0.2, 0) is 9.59 Å². The van der Waals surface area contributed by atoms with Crippen LogP contribution in [0.15, 0.2) is 76.4 Å². The molecule has 0 saturated carbocycles. The van der Waals surface area contributed by atoms with Crippen molar-refractivity contribution < 1.29 is 23.9 Å². The van der Waals surface area contributed by atoms with Crippen molar-refractivity contribution in [1.29, 1.82) is 0 Å². The minimum Gasteiger partial charge on any atom is -0.478 e. The highest BCUT2D eigenvalue weighted by atomic mass is 16.4. The number of hydrogen-bond donors (Lipinski definition) is 2. The first-order chi connectivity index (χ1) is 17.2. The molecule has 3 aromatic rings. The van der Waals surface area contributed by atoms with Gasteiger partial charge in [-0.05, 0) is 48.2 Å². The van der Waals surface area contributed by atoms with E-state index in [9.17, 15) is 19.5 Å². The van der Waals surface area contributed by atoms with Crippen LogP contribution >= 0.6 is 0 Å². The maximum atomic E-state index is 13.6. The molecule has 0 radical (unpaired) electrons. The van der Waals surface area contributed by atoms with Gasteiger partial charge in [0.05, 0.1) is 16.9 Å². The van der Waals surface area contributed by atoms with E-state index in [-0.39, 0.29) is 29.1 Å². The van der Waals surface area contributed by atoms with Crippen LogP contribution in [0.4, 0.5) is 11.4 Å². The van der Waals surface area contributed by atoms with Crippen LogP contribution in [0.5, 0.6) is 0 Å². The molecule has 0 fully saturated rings. The summed E-state index contributed by atoms with van der Waals surface area (Å²) in [6.07, 6.45) is 1.27. The summed E-state index contributed by atoms with van der Waals surface area (Å²) < 4.78 is 6.29. The van der Waals surface area contributed by atoms with Crippen molar-refractivity contribution in [3.63, 3.8) is 0 Å². The summed E-state index contributed by atoms with van der Waals surface area (Å²) in [5.41, 5.74) is 3.31. The number of ketones is 1. The Labute approximate surface area is 209 Å². The third-order valence-electron chi connectivity index (χ3n) is 6.76. The molecule has 1 aliphatic heterocycles. The summed E-state index contributed by atoms with van der Waals surface area (Å²) >= 11 is 0. The van der Waals surface area contributed by atoms with Crippen molar-refractivity contribution in [2.45, 2.75) is 46.1 Å². The van der Waals surface area contributed by atoms with Crippen LogP contribution < -0.4 is 10.2 Å². The number of Topliss-reactive ketones (excluding diaryl/α,β-unsaturated/α-hetero) is 1. The van der Waals surface area contributed by atoms with Gasteiger partial charge in [0.25, 0.3) is 0 Å². The van der Waals surface area contributed by atoms with Gasteiger partial charge < -0.3 is 14.8 Å². The second-order valence-electron chi connectivity index (χ2n) is 10.1. The van der Waals surface area contributed by atoms with E-state index < -0.39 is 12.0 Å². The summed E-state index contributed by atoms with van der Waals surface area (Å²) in [6.45, 7) is 5.93. The van der Waals surface area contributed by atoms with Crippen molar-refractivity contribution in [3.05, 3.63) is 83.3 Å². The van der Waals surface area contributed by atoms with Crippen molar-refractivity contribution >= 4 is 29.0 Å². The summed E-state index contributed by atoms with van der Waals surface area (Å²) in [7, 11) is 0. The first-order valence-electron chi connectivity index (χ1n) is 12.1. The third kappa shape index (κ3) is 4.11. The zero-order chi connectivity index (χ0) is 25.6. The van der Waals surface area contributed by atoms with Gasteiger partial charge >= 0.3 is 5.97 Å². The number of para-hydroxylation sites is 2. The average Bonchev–Trinajstić information content (AvgIpc) is 3.27. The fourth-order valence-corrected chi connectivity index (χ4v) is 5.16. The Morgan fingerprint density at radius 1 is 1.08 bits per heavy atom. The lowest BCUT2D eigenvalue weighted by Crippen LogP contribution is -2.39. The molecule has 1 aliphatic carbocycles. The number of rotatable bonds is 4. The second-order valence-corrected chi connectivity index (χ2v) is 10.1. The minimum atomic E-state index is -1.03. The van der Waals surface area contributed by atoms with E-state index in [1.165, 1.54) is 6.07 Å². The molecule has 5 rings (SSSR count). The Morgan fingerprint density at radius 3 is 2.61 bits per heavy atom. The highest BCUT2D eigenvalue weighted by Crippen LogP contribution is 2.49. The summed E-state index contributed by atoms with van der Waals surface area (Å²) in [5.74, 6) is -0.266. The molecule has 1 aromatic heterocycles. The molecule has 2 N–H and O–H groups in total. The summed E-state index contributed by atoms with van der Waals surface area (Å²) in [5, 5.41) is 12.9. The molecule has 2 aromatic carbocycles. The molecule has 0 spiro atoms. The lowest BCUT2D eigenvalue weighted by Gasteiger charge is -2.36. The Balaban J connectivity index is 1.71. The van der Waals surface area contributed by atoms with E-state index in [0.29, 0.717) is 41.2 Å². The third-order valence-corrected chi connectivity index (χ3v) is 6.76. The number of aromatic carboxylic acids is 1. The average molecular weight is 485 g/mol. The molecule has 1 amide bonds. The van der Waals surface area contributed by atoms with E-state index in [1.807, 2.05) is 24.3 Å². The molecular weight excluding hydrogens is 456 g/mol. The number of fused-ring (bicyclic) bond motifs is 1. The molecule has 184 valence electrons. The fraction of sp³-hybridized carbons (Fsp3) is 0.276. The topological polar surface area (TPSA) is 99.9 Å². The molecular formula is C29H28N2O5. The quantitative estimate of drug-likeness (QED) is 0.457. The number of hydrogen-bond acceptors (Lipinski definition) is 5. The maximum Gasteiger partial charge on any atom is 0.335 e. The first kappa shape index (κ1) is 23.6. The Kier molecular flexibility index (Phi) is 5.79. The van der Waals surface area contributed by atoms with Crippen LogP contribution in [0.1, 0.15) is 62.2 Å². The normalized spacial score (nSPS) is 18.7. The predicted molar refractivity (Wildman–Crippen MR) is 137 cm³/mol. The van der Waals surface area contributed by atoms with Crippen molar-refractivity contribution in [2.75, 3.05) is 10.2 Å². The molecule has 0 bridgehead atoms. The van der Waals surface area contributed by atoms with Gasteiger partial charge in [-0.3, -0.25) is 14.5 Å². The van der Waals surface area contributed by atoms with Gasteiger partial charge in [0.2, 0.25) is 5.91 Å². The van der Waals surface area contributed by atoms with Crippen LogP contribution in [0.3, 0.4) is 0 Å². The largest absolute Gasteiger partial charge is 0.478 e. The van der Waals surface area contributed by atoms with Crippen molar-refractivity contribution in [3.8, 4) is 11.3 Å². The first-order valence-corrected chi connectivity index (χ1v) is 12.1. The van der Waals surface area contributed by atoms with E-state index in [0.717, 1.165) is 11.4 Å². The number of carbonyl (C=O) groups excluding carboxylic acids is 2. The van der Waals surface area contributed by atoms with Gasteiger partial charge in [-0.1, -0.05) is 45.0 Å². The van der Waals surface area contributed by atoms with Gasteiger partial charge in [-0.15, -0.1) is 0 Å². The Hall–Kier alpha value is -4.13. The Bertz CT molecular complexity index is 1410. The summed E-state index contributed by atoms with van der Waals surface area (Å²) in [4.78, 5) is 40.2. The van der Waals surface area contributed by atoms with Gasteiger partial charge in [0.15, 0.2) is 5.78 Å². The van der Waals surface area contributed by atoms with E-state index in [4.69, 9.17) is 4.42 Å². The number of furan rings is 1. The van der Waals surface area contributed by atoms with E-state index in [1.54, 1.807) is 42.2 Å². The molecule has 7 nitrogen and oxygen atoms in total. The number of carboxylic acid groups (broad SMARTS) is 1. The Morgan fingerprint density at radius 2 is 1.86 bits per heavy atom. The van der Waals surface area contributed by atoms with Gasteiger partial charge in [-0.2, -0.15) is 0 Å². The van der Waals surface area contributed by atoms with E-state index >= 15 is 0 Å². The minimum absolute atomic E-state index is 0.0220. The number of anilines is 2. The fourth-order valence-electron chi connectivity index (χ4n) is 5.16. The van der Waals surface area contributed by atoms with Crippen molar-refractivity contribution in [2.24, 2.45) is 5.41 Å². The van der Waals surface area contributed by atoms with Gasteiger partial charge in [0, 0.05) is 29.7 Å². The highest BCUT2D eigenvalue weighted by Gasteiger charge is 2.44. The SMILES string of the molecule is CCC(=O)N1c2ccccc2NC2=C(C(=O)CC(C)(C)C2)C1c1ccc(-c2cccc(C(=O)O)c2)o1. The molecule has 1 unspecified atom stereocenters. The van der Waals surface area contributed by atoms with Crippen LogP contribution in [0.25, 0.3) is 11.3 Å². The highest BCUT2D eigenvalue weighted by molar-refractivity contribution is 6.06. The van der Waals surface area contributed by atoms with Crippen molar-refractivity contribution in [1.82, 2.24) is 0 Å². The molecule has 36 heavy (non-hydrogen) atoms. The molecule has 7 heteroatoms. The standard InChI is InChI=1S/C29H28N2O5/c1-4-25(33)31-21-11-6-5-10-19(21)30-20-15-29(2,3)16-22(32)26(20)27(31)24-13-12-23(36-24)17-8-7-9-18(14-17)28(34)35/h5-14,27,30H,4,15-16H2,1-3H3,(H,34,35). The monoisotopic (exact) mass is 484 g/mol. The lowest BCUT2D eigenvalue weighted by molar-refractivity contribution is -0.119. The smallest absolute Gasteiger partial charge is 0.335 e. The second kappa shape index (κ2) is 8.82. The molecule has 2 heterocycles. The molecule has 2 aliphatic rings. The maximum absolute atomic E-state index is 13.6. The van der Waals surface area contributed by atoms with Crippen LogP contribution in [0.2, 0.25) is 0 Å². The number of nitrogens with zero attached hydrogens (tertiary/aromatic N) is 1. The number of allylic oxidation sites excluding steroid dienone is 1. The van der Waals surface area contributed by atoms with Crippen LogP contribution in [0, 0.1) is 5.41 Å². The lowest BCUT2D eigenvalue weighted by atomic mass is 9.74. The van der Waals surface area contributed by atoms with Crippen LogP contribution in [-0.4, -0.2) is 22.8 Å². The summed E-state index contributed by atoms with van der Waals surface area (Å²) in [6, 6.07) is 16.8. The zero-order valence-corrected chi connectivity index (χ0v) is 20.5. The molecule has 1 atom stereocenters. The molecule has 0 saturated heterocycles.